The molecule has 0 radical (unpaired) electrons. The molecule has 4 aromatic rings. The molecule has 224 valence electrons. The number of hydrogen-bond acceptors (Lipinski definition) is 6. The van der Waals surface area contributed by atoms with Crippen LogP contribution < -0.4 is 4.74 Å². The monoisotopic (exact) mass is 603 g/mol. The second-order valence-electron chi connectivity index (χ2n) is 12.1. The van der Waals surface area contributed by atoms with Crippen LogP contribution >= 0.6 is 0 Å². The Labute approximate surface area is 250 Å². The van der Waals surface area contributed by atoms with Crippen molar-refractivity contribution in [1.82, 2.24) is 13.9 Å². The molecule has 1 amide bonds. The normalized spacial score (nSPS) is 18.6. The first-order valence-corrected chi connectivity index (χ1v) is 15.7. The van der Waals surface area contributed by atoms with E-state index < -0.39 is 21.4 Å². The molecule has 0 saturated carbocycles. The molecule has 2 bridgehead atoms. The standard InChI is InChI=1S/C33H34FN3O5S/c1-20-6-11-25(12-7-20)43(39,40)37-29(21-16-23-9-10-24(17-21)36(23)32(38)42-33(2,3)4)19-28-26(14-15-35-31(28)37)27-13-8-22(34)18-30(27)41-5/h6-8,11-16,18-19,23-24H,9-10,17H2,1-5H3. The second-order valence-corrected chi connectivity index (χ2v) is 13.9. The molecular weight excluding hydrogens is 569 g/mol. The van der Waals surface area contributed by atoms with E-state index in [1.54, 1.807) is 47.5 Å². The van der Waals surface area contributed by atoms with Crippen LogP contribution in [-0.4, -0.2) is 53.2 Å². The third kappa shape index (κ3) is 5.18. The molecule has 6 rings (SSSR count). The van der Waals surface area contributed by atoms with Crippen molar-refractivity contribution in [2.75, 3.05) is 7.11 Å². The first-order valence-electron chi connectivity index (χ1n) is 14.3. The maximum absolute atomic E-state index is 14.3. The molecule has 2 atom stereocenters. The molecule has 43 heavy (non-hydrogen) atoms. The molecule has 2 aromatic heterocycles. The molecule has 0 spiro atoms. The fourth-order valence-electron chi connectivity index (χ4n) is 6.10. The number of methoxy groups -OCH3 is 1. The Balaban J connectivity index is 1.56. The number of hydrogen-bond donors (Lipinski definition) is 0. The number of aromatic nitrogens is 2. The number of nitrogens with zero attached hydrogens (tertiary/aromatic N) is 3. The van der Waals surface area contributed by atoms with Crippen LogP contribution in [-0.2, 0) is 14.8 Å². The van der Waals surface area contributed by atoms with E-state index in [1.807, 2.05) is 39.8 Å². The van der Waals surface area contributed by atoms with Gasteiger partial charge in [0.2, 0.25) is 0 Å². The Hall–Kier alpha value is -4.18. The summed E-state index contributed by atoms with van der Waals surface area (Å²) in [6, 6.07) is 14.2. The van der Waals surface area contributed by atoms with Crippen LogP contribution in [0.4, 0.5) is 9.18 Å². The van der Waals surface area contributed by atoms with Gasteiger partial charge in [0.05, 0.1) is 23.7 Å². The number of amides is 1. The van der Waals surface area contributed by atoms with E-state index in [2.05, 4.69) is 4.98 Å². The minimum atomic E-state index is -4.09. The summed E-state index contributed by atoms with van der Waals surface area (Å²) in [5.74, 6) is -0.116. The van der Waals surface area contributed by atoms with Gasteiger partial charge in [-0.2, -0.15) is 0 Å². The fraction of sp³-hybridized carbons (Fsp3) is 0.333. The van der Waals surface area contributed by atoms with Crippen LogP contribution in [0.25, 0.3) is 27.7 Å². The number of rotatable bonds is 5. The number of halogens is 1. The highest BCUT2D eigenvalue weighted by atomic mass is 32.2. The summed E-state index contributed by atoms with van der Waals surface area (Å²) in [7, 11) is -2.63. The Morgan fingerprint density at radius 1 is 1.02 bits per heavy atom. The fourth-order valence-corrected chi connectivity index (χ4v) is 7.59. The highest BCUT2D eigenvalue weighted by Gasteiger charge is 2.43. The van der Waals surface area contributed by atoms with Crippen LogP contribution in [0.1, 0.15) is 51.3 Å². The average Bonchev–Trinajstić information content (AvgIpc) is 3.48. The van der Waals surface area contributed by atoms with Gasteiger partial charge in [0.25, 0.3) is 10.0 Å². The lowest BCUT2D eigenvalue weighted by Gasteiger charge is -2.35. The van der Waals surface area contributed by atoms with Gasteiger partial charge in [-0.25, -0.2) is 26.6 Å². The van der Waals surface area contributed by atoms with Crippen LogP contribution in [0, 0.1) is 12.7 Å². The van der Waals surface area contributed by atoms with E-state index in [-0.39, 0.29) is 28.7 Å². The van der Waals surface area contributed by atoms with Crippen molar-refractivity contribution in [1.29, 1.82) is 0 Å². The third-order valence-electron chi connectivity index (χ3n) is 8.00. The van der Waals surface area contributed by atoms with Crippen LogP contribution in [0.3, 0.4) is 0 Å². The smallest absolute Gasteiger partial charge is 0.411 e. The molecule has 0 aliphatic carbocycles. The maximum atomic E-state index is 14.3. The molecule has 8 nitrogen and oxygen atoms in total. The van der Waals surface area contributed by atoms with Crippen LogP contribution in [0.15, 0.2) is 71.8 Å². The SMILES string of the molecule is COc1cc(F)ccc1-c1ccnc2c1cc(C1=CC3CCC(C1)N3C(=O)OC(C)(C)C)n2S(=O)(=O)c1ccc(C)cc1. The number of aryl methyl sites for hydroxylation is 1. The van der Waals surface area contributed by atoms with Gasteiger partial charge in [0, 0.05) is 29.3 Å². The van der Waals surface area contributed by atoms with E-state index in [9.17, 15) is 17.6 Å². The molecule has 2 unspecified atom stereocenters. The molecule has 2 aromatic carbocycles. The van der Waals surface area contributed by atoms with Crippen molar-refractivity contribution in [3.8, 4) is 16.9 Å². The number of fused-ring (bicyclic) bond motifs is 3. The van der Waals surface area contributed by atoms with Crippen molar-refractivity contribution in [2.45, 2.75) is 69.5 Å². The Kier molecular flexibility index (Phi) is 7.07. The number of carbonyl (C=O) groups is 1. The lowest BCUT2D eigenvalue weighted by atomic mass is 9.98. The van der Waals surface area contributed by atoms with Gasteiger partial charge in [-0.3, -0.25) is 4.90 Å². The summed E-state index contributed by atoms with van der Waals surface area (Å²) in [6.07, 6.45) is 5.18. The third-order valence-corrected chi connectivity index (χ3v) is 9.72. The molecule has 1 fully saturated rings. The number of ether oxygens (including phenoxy) is 2. The summed E-state index contributed by atoms with van der Waals surface area (Å²) in [5, 5.41) is 0.584. The zero-order valence-electron chi connectivity index (χ0n) is 24.8. The second kappa shape index (κ2) is 10.5. The van der Waals surface area contributed by atoms with E-state index in [0.717, 1.165) is 24.0 Å². The summed E-state index contributed by atoms with van der Waals surface area (Å²) >= 11 is 0. The first-order chi connectivity index (χ1) is 20.4. The van der Waals surface area contributed by atoms with E-state index in [4.69, 9.17) is 9.47 Å². The van der Waals surface area contributed by atoms with Crippen LogP contribution in [0.2, 0.25) is 0 Å². The molecule has 2 aliphatic rings. The number of benzene rings is 2. The lowest BCUT2D eigenvalue weighted by molar-refractivity contribution is 0.0175. The van der Waals surface area contributed by atoms with Crippen molar-refractivity contribution in [2.24, 2.45) is 0 Å². The van der Waals surface area contributed by atoms with Gasteiger partial charge in [0.1, 0.15) is 17.2 Å². The predicted octanol–water partition coefficient (Wildman–Crippen LogP) is 6.95. The summed E-state index contributed by atoms with van der Waals surface area (Å²) < 4.78 is 55.3. The van der Waals surface area contributed by atoms with Gasteiger partial charge in [-0.15, -0.1) is 0 Å². The predicted molar refractivity (Wildman–Crippen MR) is 163 cm³/mol. The van der Waals surface area contributed by atoms with Gasteiger partial charge in [-0.05, 0) is 94.5 Å². The quantitative estimate of drug-likeness (QED) is 0.245. The van der Waals surface area contributed by atoms with Gasteiger partial charge < -0.3 is 9.47 Å². The van der Waals surface area contributed by atoms with Crippen molar-refractivity contribution in [3.63, 3.8) is 0 Å². The van der Waals surface area contributed by atoms with Crippen molar-refractivity contribution < 1.29 is 27.1 Å². The van der Waals surface area contributed by atoms with Gasteiger partial charge in [-0.1, -0.05) is 23.8 Å². The highest BCUT2D eigenvalue weighted by Crippen LogP contribution is 2.43. The molecule has 4 heterocycles. The molecule has 0 N–H and O–H groups in total. The zero-order chi connectivity index (χ0) is 30.7. The van der Waals surface area contributed by atoms with Crippen molar-refractivity contribution >= 4 is 32.7 Å². The Morgan fingerprint density at radius 2 is 1.77 bits per heavy atom. The largest absolute Gasteiger partial charge is 0.496 e. The summed E-state index contributed by atoms with van der Waals surface area (Å²) in [4.78, 5) is 19.6. The summed E-state index contributed by atoms with van der Waals surface area (Å²) in [6.45, 7) is 7.42. The van der Waals surface area contributed by atoms with Crippen LogP contribution in [0.5, 0.6) is 5.75 Å². The van der Waals surface area contributed by atoms with Crippen molar-refractivity contribution in [3.05, 3.63) is 83.9 Å². The maximum Gasteiger partial charge on any atom is 0.411 e. The highest BCUT2D eigenvalue weighted by molar-refractivity contribution is 7.90. The van der Waals surface area contributed by atoms with E-state index in [0.29, 0.717) is 34.4 Å². The number of pyridine rings is 1. The molecular formula is C33H34FN3O5S. The molecule has 10 heteroatoms. The molecule has 1 saturated heterocycles. The summed E-state index contributed by atoms with van der Waals surface area (Å²) in [5.41, 5.74) is 3.14. The first kappa shape index (κ1) is 28.9. The zero-order valence-corrected chi connectivity index (χ0v) is 25.6. The van der Waals surface area contributed by atoms with Gasteiger partial charge >= 0.3 is 6.09 Å². The Bertz CT molecular complexity index is 1870. The topological polar surface area (TPSA) is 90.7 Å². The number of carbonyl (C=O) groups excluding carboxylic acids is 1. The molecule has 2 aliphatic heterocycles. The van der Waals surface area contributed by atoms with E-state index in [1.165, 1.54) is 23.2 Å². The Morgan fingerprint density at radius 3 is 2.44 bits per heavy atom. The lowest BCUT2D eigenvalue weighted by Crippen LogP contribution is -2.45. The van der Waals surface area contributed by atoms with E-state index >= 15 is 0 Å². The minimum Gasteiger partial charge on any atom is -0.496 e. The minimum absolute atomic E-state index is 0.127. The van der Waals surface area contributed by atoms with Gasteiger partial charge in [0.15, 0.2) is 5.65 Å². The average molecular weight is 604 g/mol.